The fourth-order valence-electron chi connectivity index (χ4n) is 2.98. The highest BCUT2D eigenvalue weighted by Gasteiger charge is 2.13. The summed E-state index contributed by atoms with van der Waals surface area (Å²) in [4.78, 5) is 5.03. The molecule has 0 aromatic rings. The van der Waals surface area contributed by atoms with Crippen molar-refractivity contribution in [3.63, 3.8) is 0 Å². The number of hydrogen-bond donors (Lipinski definition) is 1. The minimum Gasteiger partial charge on any atom is -0.378 e. The summed E-state index contributed by atoms with van der Waals surface area (Å²) in [6.07, 6.45) is 6.84. The van der Waals surface area contributed by atoms with Gasteiger partial charge in [0.05, 0.1) is 6.10 Å². The number of likely N-dealkylation sites (N-methyl/N-ethyl adjacent to an activating group) is 1. The lowest BCUT2D eigenvalue weighted by molar-refractivity contribution is 0.0284. The van der Waals surface area contributed by atoms with Gasteiger partial charge in [-0.1, -0.05) is 0 Å². The van der Waals surface area contributed by atoms with Crippen LogP contribution in [0.5, 0.6) is 0 Å². The lowest BCUT2D eigenvalue weighted by Gasteiger charge is -2.24. The van der Waals surface area contributed by atoms with Crippen LogP contribution in [0, 0.1) is 0 Å². The standard InChI is InChI=1S/C15H31N3O/c1-17(12-13-18-10-2-3-11-18)9-4-14-19-15-5-7-16-8-6-15/h15-16H,2-14H2,1H3. The van der Waals surface area contributed by atoms with Gasteiger partial charge in [-0.15, -0.1) is 0 Å². The zero-order valence-electron chi connectivity index (χ0n) is 12.6. The van der Waals surface area contributed by atoms with Crippen molar-refractivity contribution in [2.75, 3.05) is 59.5 Å². The van der Waals surface area contributed by atoms with Crippen LogP contribution >= 0.6 is 0 Å². The minimum absolute atomic E-state index is 0.510. The molecule has 2 rings (SSSR count). The van der Waals surface area contributed by atoms with Crippen LogP contribution < -0.4 is 5.32 Å². The smallest absolute Gasteiger partial charge is 0.0599 e. The predicted molar refractivity (Wildman–Crippen MR) is 79.6 cm³/mol. The Morgan fingerprint density at radius 2 is 1.89 bits per heavy atom. The van der Waals surface area contributed by atoms with E-state index in [0.29, 0.717) is 6.10 Å². The van der Waals surface area contributed by atoms with E-state index in [4.69, 9.17) is 4.74 Å². The van der Waals surface area contributed by atoms with Gasteiger partial charge in [-0.2, -0.15) is 0 Å². The minimum atomic E-state index is 0.510. The van der Waals surface area contributed by atoms with Crippen molar-refractivity contribution < 1.29 is 4.74 Å². The van der Waals surface area contributed by atoms with Gasteiger partial charge in [-0.05, 0) is 65.3 Å². The molecule has 0 aromatic heterocycles. The molecule has 1 N–H and O–H groups in total. The Morgan fingerprint density at radius 1 is 1.16 bits per heavy atom. The van der Waals surface area contributed by atoms with Crippen LogP contribution in [0.3, 0.4) is 0 Å². The summed E-state index contributed by atoms with van der Waals surface area (Å²) in [5.41, 5.74) is 0. The van der Waals surface area contributed by atoms with Gasteiger partial charge in [-0.3, -0.25) is 0 Å². The van der Waals surface area contributed by atoms with E-state index in [2.05, 4.69) is 22.2 Å². The summed E-state index contributed by atoms with van der Waals surface area (Å²) >= 11 is 0. The zero-order valence-corrected chi connectivity index (χ0v) is 12.6. The summed E-state index contributed by atoms with van der Waals surface area (Å²) in [5.74, 6) is 0. The molecule has 2 heterocycles. The lowest BCUT2D eigenvalue weighted by Crippen LogP contribution is -2.34. The van der Waals surface area contributed by atoms with Gasteiger partial charge in [0.2, 0.25) is 0 Å². The molecule has 0 unspecified atom stereocenters. The Hall–Kier alpha value is -0.160. The molecule has 112 valence electrons. The molecule has 19 heavy (non-hydrogen) atoms. The molecule has 0 aromatic carbocycles. The van der Waals surface area contributed by atoms with E-state index in [-0.39, 0.29) is 0 Å². The van der Waals surface area contributed by atoms with Crippen LogP contribution in [-0.4, -0.2) is 75.4 Å². The lowest BCUT2D eigenvalue weighted by atomic mass is 10.1. The highest BCUT2D eigenvalue weighted by molar-refractivity contribution is 4.69. The maximum Gasteiger partial charge on any atom is 0.0599 e. The molecule has 0 saturated carbocycles. The summed E-state index contributed by atoms with van der Waals surface area (Å²) < 4.78 is 5.93. The zero-order chi connectivity index (χ0) is 13.3. The van der Waals surface area contributed by atoms with E-state index in [1.807, 2.05) is 0 Å². The average Bonchev–Trinajstić information content (AvgIpc) is 2.96. The normalized spacial score (nSPS) is 22.4. The van der Waals surface area contributed by atoms with Gasteiger partial charge in [0.15, 0.2) is 0 Å². The number of rotatable bonds is 8. The molecule has 2 fully saturated rings. The van der Waals surface area contributed by atoms with Gasteiger partial charge in [-0.25, -0.2) is 0 Å². The van der Waals surface area contributed by atoms with Crippen molar-refractivity contribution in [1.29, 1.82) is 0 Å². The van der Waals surface area contributed by atoms with E-state index in [0.717, 1.165) is 19.7 Å². The Morgan fingerprint density at radius 3 is 2.63 bits per heavy atom. The van der Waals surface area contributed by atoms with Gasteiger partial charge in [0, 0.05) is 26.2 Å². The first-order valence-electron chi connectivity index (χ1n) is 8.08. The van der Waals surface area contributed by atoms with E-state index < -0.39 is 0 Å². The molecular formula is C15H31N3O. The second kappa shape index (κ2) is 8.90. The highest BCUT2D eigenvalue weighted by atomic mass is 16.5. The Kier molecular flexibility index (Phi) is 7.14. The fraction of sp³-hybridized carbons (Fsp3) is 1.00. The first kappa shape index (κ1) is 15.2. The van der Waals surface area contributed by atoms with E-state index in [1.54, 1.807) is 0 Å². The van der Waals surface area contributed by atoms with Gasteiger partial charge in [0.25, 0.3) is 0 Å². The summed E-state index contributed by atoms with van der Waals surface area (Å²) in [6, 6.07) is 0. The second-order valence-corrected chi connectivity index (χ2v) is 6.03. The van der Waals surface area contributed by atoms with E-state index in [9.17, 15) is 0 Å². The van der Waals surface area contributed by atoms with Gasteiger partial charge >= 0.3 is 0 Å². The van der Waals surface area contributed by atoms with E-state index in [1.165, 1.54) is 64.8 Å². The maximum absolute atomic E-state index is 5.93. The third-order valence-electron chi connectivity index (χ3n) is 4.32. The SMILES string of the molecule is CN(CCCOC1CCNCC1)CCN1CCCC1. The second-order valence-electron chi connectivity index (χ2n) is 6.03. The largest absolute Gasteiger partial charge is 0.378 e. The monoisotopic (exact) mass is 269 g/mol. The Labute approximate surface area is 118 Å². The highest BCUT2D eigenvalue weighted by Crippen LogP contribution is 2.08. The van der Waals surface area contributed by atoms with Crippen molar-refractivity contribution in [3.05, 3.63) is 0 Å². The quantitative estimate of drug-likeness (QED) is 0.670. The molecule has 2 aliphatic heterocycles. The molecule has 0 spiro atoms. The number of nitrogens with one attached hydrogen (secondary N) is 1. The fourth-order valence-corrected chi connectivity index (χ4v) is 2.98. The molecule has 4 heteroatoms. The summed E-state index contributed by atoms with van der Waals surface area (Å²) in [7, 11) is 2.24. The van der Waals surface area contributed by atoms with Gasteiger partial charge in [0.1, 0.15) is 0 Å². The van der Waals surface area contributed by atoms with Crippen LogP contribution in [0.1, 0.15) is 32.1 Å². The number of hydrogen-bond acceptors (Lipinski definition) is 4. The van der Waals surface area contributed by atoms with Crippen molar-refractivity contribution >= 4 is 0 Å². The number of ether oxygens (including phenoxy) is 1. The first-order chi connectivity index (χ1) is 9.34. The molecule has 0 bridgehead atoms. The van der Waals surface area contributed by atoms with Crippen molar-refractivity contribution in [3.8, 4) is 0 Å². The third-order valence-corrected chi connectivity index (χ3v) is 4.32. The molecule has 0 radical (unpaired) electrons. The number of likely N-dealkylation sites (tertiary alicyclic amines) is 1. The predicted octanol–water partition coefficient (Wildman–Crippen LogP) is 1.17. The van der Waals surface area contributed by atoms with Crippen molar-refractivity contribution in [2.45, 2.75) is 38.2 Å². The topological polar surface area (TPSA) is 27.7 Å². The summed E-state index contributed by atoms with van der Waals surface area (Å²) in [6.45, 7) is 9.41. The van der Waals surface area contributed by atoms with Crippen molar-refractivity contribution in [1.82, 2.24) is 15.1 Å². The van der Waals surface area contributed by atoms with Crippen molar-refractivity contribution in [2.24, 2.45) is 0 Å². The Bertz CT molecular complexity index is 225. The average molecular weight is 269 g/mol. The number of piperidine rings is 1. The molecular weight excluding hydrogens is 238 g/mol. The third kappa shape index (κ3) is 6.21. The molecule has 2 saturated heterocycles. The van der Waals surface area contributed by atoms with Crippen LogP contribution in [0.2, 0.25) is 0 Å². The summed E-state index contributed by atoms with van der Waals surface area (Å²) in [5, 5.41) is 3.37. The number of nitrogens with zero attached hydrogens (tertiary/aromatic N) is 2. The molecule has 0 atom stereocenters. The molecule has 0 aliphatic carbocycles. The van der Waals surface area contributed by atoms with E-state index >= 15 is 0 Å². The van der Waals surface area contributed by atoms with Crippen LogP contribution in [0.15, 0.2) is 0 Å². The van der Waals surface area contributed by atoms with Crippen LogP contribution in [0.25, 0.3) is 0 Å². The van der Waals surface area contributed by atoms with Crippen LogP contribution in [-0.2, 0) is 4.74 Å². The van der Waals surface area contributed by atoms with Gasteiger partial charge < -0.3 is 19.9 Å². The molecule has 2 aliphatic rings. The Balaban J connectivity index is 1.43. The van der Waals surface area contributed by atoms with Crippen LogP contribution in [0.4, 0.5) is 0 Å². The molecule has 0 amide bonds. The molecule has 4 nitrogen and oxygen atoms in total. The first-order valence-corrected chi connectivity index (χ1v) is 8.08. The maximum atomic E-state index is 5.93.